The van der Waals surface area contributed by atoms with Crippen LogP contribution in [0.25, 0.3) is 0 Å². The average molecular weight is 141 g/mol. The van der Waals surface area contributed by atoms with Crippen LogP contribution >= 0.6 is 0 Å². The average Bonchev–Trinajstić information content (AvgIpc) is 1.88. The Kier molecular flexibility index (Phi) is 5.76. The SMILES string of the molecule is CCCCC[C](C)C(C)C. The highest BCUT2D eigenvalue weighted by Crippen LogP contribution is 2.19. The largest absolute Gasteiger partial charge is 0.0654 e. The van der Waals surface area contributed by atoms with E-state index >= 15 is 0 Å². The molecule has 0 saturated carbocycles. The Morgan fingerprint density at radius 3 is 2.20 bits per heavy atom. The van der Waals surface area contributed by atoms with E-state index in [1.54, 1.807) is 5.92 Å². The minimum absolute atomic E-state index is 0.789. The van der Waals surface area contributed by atoms with E-state index < -0.39 is 0 Å². The first-order valence-corrected chi connectivity index (χ1v) is 4.50. The van der Waals surface area contributed by atoms with Gasteiger partial charge in [-0.2, -0.15) is 0 Å². The third-order valence-electron chi connectivity index (χ3n) is 2.16. The molecule has 0 aliphatic heterocycles. The highest BCUT2D eigenvalue weighted by Gasteiger charge is 2.05. The summed E-state index contributed by atoms with van der Waals surface area (Å²) in [6.45, 7) is 9.09. The van der Waals surface area contributed by atoms with Crippen molar-refractivity contribution >= 4 is 0 Å². The van der Waals surface area contributed by atoms with Gasteiger partial charge in [0.25, 0.3) is 0 Å². The quantitative estimate of drug-likeness (QED) is 0.511. The third kappa shape index (κ3) is 4.84. The zero-order valence-corrected chi connectivity index (χ0v) is 7.91. The van der Waals surface area contributed by atoms with Crippen LogP contribution in [0, 0.1) is 11.8 Å². The van der Waals surface area contributed by atoms with Crippen molar-refractivity contribution in [2.45, 2.75) is 53.4 Å². The molecule has 0 fully saturated rings. The molecule has 61 valence electrons. The summed E-state index contributed by atoms with van der Waals surface area (Å²) < 4.78 is 0. The molecule has 0 amide bonds. The Balaban J connectivity index is 3.13. The van der Waals surface area contributed by atoms with Gasteiger partial charge in [-0.05, 0) is 18.3 Å². The summed E-state index contributed by atoms with van der Waals surface area (Å²) in [5.74, 6) is 2.45. The van der Waals surface area contributed by atoms with Crippen LogP contribution in [0.3, 0.4) is 0 Å². The first-order chi connectivity index (χ1) is 4.68. The van der Waals surface area contributed by atoms with E-state index in [0.29, 0.717) is 0 Å². The molecule has 0 nitrogen and oxygen atoms in total. The topological polar surface area (TPSA) is 0 Å². The summed E-state index contributed by atoms with van der Waals surface area (Å²) in [4.78, 5) is 0. The molecule has 0 N–H and O–H groups in total. The van der Waals surface area contributed by atoms with Crippen molar-refractivity contribution in [1.82, 2.24) is 0 Å². The zero-order valence-electron chi connectivity index (χ0n) is 7.91. The second-order valence-electron chi connectivity index (χ2n) is 3.46. The van der Waals surface area contributed by atoms with Gasteiger partial charge in [-0.25, -0.2) is 0 Å². The fourth-order valence-corrected chi connectivity index (χ4v) is 0.943. The predicted molar refractivity (Wildman–Crippen MR) is 47.9 cm³/mol. The molecule has 1 radical (unpaired) electrons. The van der Waals surface area contributed by atoms with Crippen LogP contribution in [0.1, 0.15) is 53.4 Å². The summed E-state index contributed by atoms with van der Waals surface area (Å²) >= 11 is 0. The third-order valence-corrected chi connectivity index (χ3v) is 2.16. The maximum Gasteiger partial charge on any atom is -0.0246 e. The number of rotatable bonds is 5. The van der Waals surface area contributed by atoms with Crippen molar-refractivity contribution < 1.29 is 0 Å². The second-order valence-corrected chi connectivity index (χ2v) is 3.46. The van der Waals surface area contributed by atoms with Crippen LogP contribution in [0.2, 0.25) is 0 Å². The highest BCUT2D eigenvalue weighted by atomic mass is 14.1. The van der Waals surface area contributed by atoms with Crippen molar-refractivity contribution in [3.63, 3.8) is 0 Å². The molecule has 0 bridgehead atoms. The highest BCUT2D eigenvalue weighted by molar-refractivity contribution is 4.86. The molecular formula is C10H21. The lowest BCUT2D eigenvalue weighted by Crippen LogP contribution is -2.00. The summed E-state index contributed by atoms with van der Waals surface area (Å²) in [6.07, 6.45) is 5.46. The minimum atomic E-state index is 0.789. The Hall–Kier alpha value is 0. The van der Waals surface area contributed by atoms with Crippen molar-refractivity contribution in [3.8, 4) is 0 Å². The number of hydrogen-bond acceptors (Lipinski definition) is 0. The van der Waals surface area contributed by atoms with Crippen LogP contribution in [0.15, 0.2) is 0 Å². The molecule has 0 rings (SSSR count). The Morgan fingerprint density at radius 2 is 1.80 bits per heavy atom. The molecule has 0 aromatic rings. The maximum absolute atomic E-state index is 2.28. The van der Waals surface area contributed by atoms with Gasteiger partial charge in [-0.1, -0.05) is 47.0 Å². The van der Waals surface area contributed by atoms with E-state index in [4.69, 9.17) is 0 Å². The lowest BCUT2D eigenvalue weighted by molar-refractivity contribution is 0.569. The molecule has 0 atom stereocenters. The van der Waals surface area contributed by atoms with Gasteiger partial charge in [-0.3, -0.25) is 0 Å². The van der Waals surface area contributed by atoms with Crippen LogP contribution in [0.4, 0.5) is 0 Å². The first kappa shape index (κ1) is 10.0. The molecule has 0 aliphatic rings. The minimum Gasteiger partial charge on any atom is -0.0654 e. The standard InChI is InChI=1S/C10H21/c1-5-6-7-8-10(4)9(2)3/h9H,5-8H2,1-4H3. The molecule has 0 saturated heterocycles. The normalized spacial score (nSPS) is 11.4. The lowest BCUT2D eigenvalue weighted by atomic mass is 9.92. The maximum atomic E-state index is 2.28. The Bertz CT molecular complexity index is 64.4. The molecule has 0 heterocycles. The fraction of sp³-hybridized carbons (Fsp3) is 0.900. The van der Waals surface area contributed by atoms with E-state index in [2.05, 4.69) is 27.7 Å². The molecular weight excluding hydrogens is 120 g/mol. The van der Waals surface area contributed by atoms with E-state index in [1.807, 2.05) is 0 Å². The van der Waals surface area contributed by atoms with Gasteiger partial charge in [0, 0.05) is 0 Å². The van der Waals surface area contributed by atoms with Crippen LogP contribution < -0.4 is 0 Å². The molecule has 0 aromatic heterocycles. The predicted octanol–water partition coefficient (Wildman–Crippen LogP) is 3.82. The van der Waals surface area contributed by atoms with Crippen molar-refractivity contribution in [3.05, 3.63) is 5.92 Å². The van der Waals surface area contributed by atoms with Gasteiger partial charge in [0.15, 0.2) is 0 Å². The molecule has 0 unspecified atom stereocenters. The Labute approximate surface area is 66.0 Å². The summed E-state index contributed by atoms with van der Waals surface area (Å²) in [5, 5.41) is 0. The zero-order chi connectivity index (χ0) is 7.98. The first-order valence-electron chi connectivity index (χ1n) is 4.50. The smallest absolute Gasteiger partial charge is 0.0246 e. The summed E-state index contributed by atoms with van der Waals surface area (Å²) in [7, 11) is 0. The van der Waals surface area contributed by atoms with E-state index in [-0.39, 0.29) is 0 Å². The number of unbranched alkanes of at least 4 members (excludes halogenated alkanes) is 2. The number of hydrogen-bond donors (Lipinski definition) is 0. The fourth-order valence-electron chi connectivity index (χ4n) is 0.943. The van der Waals surface area contributed by atoms with Gasteiger partial charge in [-0.15, -0.1) is 0 Å². The molecule has 0 heteroatoms. The molecule has 0 aromatic carbocycles. The van der Waals surface area contributed by atoms with Crippen LogP contribution in [0.5, 0.6) is 0 Å². The summed E-state index contributed by atoms with van der Waals surface area (Å²) in [6, 6.07) is 0. The van der Waals surface area contributed by atoms with Crippen molar-refractivity contribution in [2.75, 3.05) is 0 Å². The van der Waals surface area contributed by atoms with Gasteiger partial charge in [0.2, 0.25) is 0 Å². The van der Waals surface area contributed by atoms with E-state index in [1.165, 1.54) is 25.7 Å². The van der Waals surface area contributed by atoms with E-state index in [9.17, 15) is 0 Å². The van der Waals surface area contributed by atoms with Crippen molar-refractivity contribution in [1.29, 1.82) is 0 Å². The summed E-state index contributed by atoms with van der Waals surface area (Å²) in [5.41, 5.74) is 0. The molecule has 0 aliphatic carbocycles. The van der Waals surface area contributed by atoms with E-state index in [0.717, 1.165) is 5.92 Å². The van der Waals surface area contributed by atoms with Crippen LogP contribution in [-0.4, -0.2) is 0 Å². The molecule has 10 heavy (non-hydrogen) atoms. The van der Waals surface area contributed by atoms with Gasteiger partial charge >= 0.3 is 0 Å². The lowest BCUT2D eigenvalue weighted by Gasteiger charge is -2.13. The van der Waals surface area contributed by atoms with Gasteiger partial charge in [0.05, 0.1) is 0 Å². The van der Waals surface area contributed by atoms with Crippen molar-refractivity contribution in [2.24, 2.45) is 5.92 Å². The van der Waals surface area contributed by atoms with Gasteiger partial charge < -0.3 is 0 Å². The van der Waals surface area contributed by atoms with Crippen LogP contribution in [-0.2, 0) is 0 Å². The Morgan fingerprint density at radius 1 is 1.20 bits per heavy atom. The monoisotopic (exact) mass is 141 g/mol. The van der Waals surface area contributed by atoms with Gasteiger partial charge in [0.1, 0.15) is 0 Å². The second kappa shape index (κ2) is 5.76. The molecule has 0 spiro atoms.